The Bertz CT molecular complexity index is 120. The van der Waals surface area contributed by atoms with Gasteiger partial charge < -0.3 is 0 Å². The predicted molar refractivity (Wildman–Crippen MR) is 54.7 cm³/mol. The first-order valence-electron chi connectivity index (χ1n) is 3.86. The molecule has 0 unspecified atom stereocenters. The highest BCUT2D eigenvalue weighted by Gasteiger charge is 2.10. The molecule has 0 heterocycles. The Balaban J connectivity index is 0. The number of hydrogen-bond acceptors (Lipinski definition) is 0. The van der Waals surface area contributed by atoms with Crippen molar-refractivity contribution in [2.45, 2.75) is 34.6 Å². The SMILES string of the molecule is C.C=CC[C@@H](C(=C)C)C(C)C. The van der Waals surface area contributed by atoms with Gasteiger partial charge in [0.15, 0.2) is 0 Å². The third kappa shape index (κ3) is 4.83. The van der Waals surface area contributed by atoms with Gasteiger partial charge in [-0.05, 0) is 25.2 Å². The van der Waals surface area contributed by atoms with Crippen LogP contribution in [-0.4, -0.2) is 0 Å². The van der Waals surface area contributed by atoms with E-state index in [1.807, 2.05) is 6.08 Å². The normalized spacial score (nSPS) is 12.0. The lowest BCUT2D eigenvalue weighted by molar-refractivity contribution is 0.448. The van der Waals surface area contributed by atoms with Gasteiger partial charge in [-0.2, -0.15) is 0 Å². The summed E-state index contributed by atoms with van der Waals surface area (Å²) in [7, 11) is 0. The van der Waals surface area contributed by atoms with E-state index in [9.17, 15) is 0 Å². The molecule has 0 radical (unpaired) electrons. The van der Waals surface area contributed by atoms with Crippen molar-refractivity contribution in [2.24, 2.45) is 11.8 Å². The van der Waals surface area contributed by atoms with Crippen LogP contribution >= 0.6 is 0 Å². The van der Waals surface area contributed by atoms with Crippen LogP contribution in [-0.2, 0) is 0 Å². The van der Waals surface area contributed by atoms with Crippen LogP contribution in [0.25, 0.3) is 0 Å². The maximum atomic E-state index is 3.95. The second kappa shape index (κ2) is 6.21. The molecule has 0 rings (SSSR count). The number of allylic oxidation sites excluding steroid dienone is 2. The maximum absolute atomic E-state index is 3.95. The van der Waals surface area contributed by atoms with Gasteiger partial charge in [0.05, 0.1) is 0 Å². The van der Waals surface area contributed by atoms with E-state index in [4.69, 9.17) is 0 Å². The summed E-state index contributed by atoms with van der Waals surface area (Å²) in [5.74, 6) is 1.31. The van der Waals surface area contributed by atoms with Gasteiger partial charge in [-0.25, -0.2) is 0 Å². The average molecular weight is 154 g/mol. The van der Waals surface area contributed by atoms with Gasteiger partial charge in [-0.15, -0.1) is 6.58 Å². The lowest BCUT2D eigenvalue weighted by atomic mass is 9.87. The van der Waals surface area contributed by atoms with Crippen molar-refractivity contribution in [1.29, 1.82) is 0 Å². The predicted octanol–water partition coefficient (Wildman–Crippen LogP) is 4.05. The van der Waals surface area contributed by atoms with Crippen LogP contribution < -0.4 is 0 Å². The quantitative estimate of drug-likeness (QED) is 0.536. The lowest BCUT2D eigenvalue weighted by Gasteiger charge is -2.18. The highest BCUT2D eigenvalue weighted by atomic mass is 14.2. The lowest BCUT2D eigenvalue weighted by Crippen LogP contribution is -2.07. The van der Waals surface area contributed by atoms with Gasteiger partial charge >= 0.3 is 0 Å². The second-order valence-electron chi connectivity index (χ2n) is 3.22. The van der Waals surface area contributed by atoms with E-state index in [1.165, 1.54) is 5.57 Å². The van der Waals surface area contributed by atoms with Crippen LogP contribution in [0.4, 0.5) is 0 Å². The standard InChI is InChI=1S/C10H18.CH4/c1-6-7-10(8(2)3)9(4)5;/h6,9-10H,1-2,7H2,3-5H3;1H4/t10-;/m0./s1. The van der Waals surface area contributed by atoms with Crippen molar-refractivity contribution in [3.8, 4) is 0 Å². The molecule has 1 atom stereocenters. The zero-order valence-corrected chi connectivity index (χ0v) is 7.35. The van der Waals surface area contributed by atoms with Crippen LogP contribution in [0, 0.1) is 11.8 Å². The minimum absolute atomic E-state index is 0. The zero-order valence-electron chi connectivity index (χ0n) is 7.35. The molecule has 66 valence electrons. The van der Waals surface area contributed by atoms with Crippen LogP contribution in [0.2, 0.25) is 0 Å². The molecule has 0 aromatic heterocycles. The fourth-order valence-electron chi connectivity index (χ4n) is 1.22. The van der Waals surface area contributed by atoms with E-state index in [2.05, 4.69) is 33.9 Å². The van der Waals surface area contributed by atoms with Crippen LogP contribution in [0.15, 0.2) is 24.8 Å². The molecular formula is C11H22. The van der Waals surface area contributed by atoms with E-state index in [1.54, 1.807) is 0 Å². The summed E-state index contributed by atoms with van der Waals surface area (Å²) in [6, 6.07) is 0. The Kier molecular flexibility index (Phi) is 7.39. The van der Waals surface area contributed by atoms with Crippen LogP contribution in [0.1, 0.15) is 34.6 Å². The number of rotatable bonds is 4. The first-order chi connectivity index (χ1) is 4.59. The summed E-state index contributed by atoms with van der Waals surface area (Å²) in [6.07, 6.45) is 3.03. The Labute approximate surface area is 72.0 Å². The molecular weight excluding hydrogens is 132 g/mol. The van der Waals surface area contributed by atoms with E-state index < -0.39 is 0 Å². The summed E-state index contributed by atoms with van der Waals surface area (Å²) in [5, 5.41) is 0. The molecule has 0 amide bonds. The van der Waals surface area contributed by atoms with Crippen molar-refractivity contribution in [1.82, 2.24) is 0 Å². The highest BCUT2D eigenvalue weighted by molar-refractivity contribution is 4.99. The Morgan fingerprint density at radius 2 is 1.91 bits per heavy atom. The van der Waals surface area contributed by atoms with Crippen LogP contribution in [0.5, 0.6) is 0 Å². The summed E-state index contributed by atoms with van der Waals surface area (Å²) in [5.41, 5.74) is 1.27. The van der Waals surface area contributed by atoms with E-state index >= 15 is 0 Å². The van der Waals surface area contributed by atoms with Gasteiger partial charge in [-0.3, -0.25) is 0 Å². The fourth-order valence-corrected chi connectivity index (χ4v) is 1.22. The molecule has 0 heteroatoms. The monoisotopic (exact) mass is 154 g/mol. The molecule has 0 aliphatic heterocycles. The molecule has 0 aliphatic carbocycles. The van der Waals surface area contributed by atoms with E-state index in [0.29, 0.717) is 11.8 Å². The molecule has 0 spiro atoms. The summed E-state index contributed by atoms with van der Waals surface area (Å²) < 4.78 is 0. The minimum Gasteiger partial charge on any atom is -0.103 e. The molecule has 0 saturated carbocycles. The van der Waals surface area contributed by atoms with Crippen molar-refractivity contribution < 1.29 is 0 Å². The largest absolute Gasteiger partial charge is 0.103 e. The molecule has 0 N–H and O–H groups in total. The van der Waals surface area contributed by atoms with E-state index in [-0.39, 0.29) is 7.43 Å². The Hall–Kier alpha value is -0.520. The van der Waals surface area contributed by atoms with Crippen molar-refractivity contribution in [2.75, 3.05) is 0 Å². The zero-order chi connectivity index (χ0) is 8.15. The average Bonchev–Trinajstić information content (AvgIpc) is 1.81. The van der Waals surface area contributed by atoms with Crippen molar-refractivity contribution >= 4 is 0 Å². The molecule has 0 nitrogen and oxygen atoms in total. The molecule has 0 saturated heterocycles. The van der Waals surface area contributed by atoms with Crippen LogP contribution in [0.3, 0.4) is 0 Å². The van der Waals surface area contributed by atoms with Crippen molar-refractivity contribution in [3.63, 3.8) is 0 Å². The topological polar surface area (TPSA) is 0 Å². The number of hydrogen-bond donors (Lipinski definition) is 0. The molecule has 0 fully saturated rings. The van der Waals surface area contributed by atoms with Gasteiger partial charge in [-0.1, -0.05) is 39.5 Å². The first-order valence-corrected chi connectivity index (χ1v) is 3.86. The Morgan fingerprint density at radius 1 is 1.45 bits per heavy atom. The maximum Gasteiger partial charge on any atom is -0.0151 e. The molecule has 11 heavy (non-hydrogen) atoms. The summed E-state index contributed by atoms with van der Waals surface area (Å²) >= 11 is 0. The minimum atomic E-state index is 0. The first kappa shape index (κ1) is 13.1. The van der Waals surface area contributed by atoms with Crippen molar-refractivity contribution in [3.05, 3.63) is 24.8 Å². The van der Waals surface area contributed by atoms with E-state index in [0.717, 1.165) is 6.42 Å². The third-order valence-electron chi connectivity index (χ3n) is 1.86. The third-order valence-corrected chi connectivity index (χ3v) is 1.86. The fraction of sp³-hybridized carbons (Fsp3) is 0.636. The molecule has 0 bridgehead atoms. The smallest absolute Gasteiger partial charge is 0.0151 e. The van der Waals surface area contributed by atoms with Gasteiger partial charge in [0.2, 0.25) is 0 Å². The molecule has 0 aromatic rings. The molecule has 0 aromatic carbocycles. The molecule has 0 aliphatic rings. The van der Waals surface area contributed by atoms with Gasteiger partial charge in [0, 0.05) is 0 Å². The van der Waals surface area contributed by atoms with Gasteiger partial charge in [0.1, 0.15) is 0 Å². The highest BCUT2D eigenvalue weighted by Crippen LogP contribution is 2.22. The summed E-state index contributed by atoms with van der Waals surface area (Å²) in [6.45, 7) is 14.2. The second-order valence-corrected chi connectivity index (χ2v) is 3.22. The van der Waals surface area contributed by atoms with Gasteiger partial charge in [0.25, 0.3) is 0 Å². The Morgan fingerprint density at radius 3 is 2.00 bits per heavy atom. The summed E-state index contributed by atoms with van der Waals surface area (Å²) in [4.78, 5) is 0.